The van der Waals surface area contributed by atoms with Crippen LogP contribution in [0.2, 0.25) is 0 Å². The summed E-state index contributed by atoms with van der Waals surface area (Å²) in [6, 6.07) is 9.20. The maximum Gasteiger partial charge on any atom is 0.309 e. The van der Waals surface area contributed by atoms with Gasteiger partial charge >= 0.3 is 5.97 Å². The fraction of sp³-hybridized carbons (Fsp3) is 0.389. The zero-order valence-electron chi connectivity index (χ0n) is 14.5. The number of para-hydroxylation sites is 1. The molecular formula is C18H21N3O4. The summed E-state index contributed by atoms with van der Waals surface area (Å²) >= 11 is 0. The number of ether oxygens (including phenoxy) is 1. The second-order valence-electron chi connectivity index (χ2n) is 6.37. The van der Waals surface area contributed by atoms with Crippen molar-refractivity contribution in [2.75, 3.05) is 5.32 Å². The second-order valence-corrected chi connectivity index (χ2v) is 6.37. The molecule has 0 aliphatic carbocycles. The van der Waals surface area contributed by atoms with Crippen molar-refractivity contribution in [3.63, 3.8) is 0 Å². The smallest absolute Gasteiger partial charge is 0.309 e. The zero-order chi connectivity index (χ0) is 18.1. The highest BCUT2D eigenvalue weighted by molar-refractivity contribution is 5.94. The number of anilines is 1. The SMILES string of the molecule is Cc1c(NC(=O)C[C@@H]2C[C@@H](C)OC2=O)c(=O)n(-c2ccccc2)n1C. The summed E-state index contributed by atoms with van der Waals surface area (Å²) in [5.41, 5.74) is 1.29. The van der Waals surface area contributed by atoms with E-state index in [1.54, 1.807) is 25.6 Å². The van der Waals surface area contributed by atoms with Crippen LogP contribution in [0.1, 0.15) is 25.5 Å². The molecule has 0 unspecified atom stereocenters. The molecule has 7 nitrogen and oxygen atoms in total. The maximum absolute atomic E-state index is 12.7. The third-order valence-corrected chi connectivity index (χ3v) is 4.52. The monoisotopic (exact) mass is 343 g/mol. The molecule has 1 amide bonds. The molecule has 1 N–H and O–H groups in total. The Morgan fingerprint density at radius 2 is 1.96 bits per heavy atom. The Morgan fingerprint density at radius 1 is 1.28 bits per heavy atom. The van der Waals surface area contributed by atoms with Gasteiger partial charge in [0.1, 0.15) is 5.69 Å². The molecule has 2 heterocycles. The Hall–Kier alpha value is -2.83. The first-order valence-corrected chi connectivity index (χ1v) is 8.23. The van der Waals surface area contributed by atoms with E-state index in [4.69, 9.17) is 4.74 Å². The van der Waals surface area contributed by atoms with Crippen LogP contribution >= 0.6 is 0 Å². The van der Waals surface area contributed by atoms with E-state index in [0.29, 0.717) is 17.8 Å². The number of amides is 1. The fourth-order valence-electron chi connectivity index (χ4n) is 3.13. The lowest BCUT2D eigenvalue weighted by Gasteiger charge is -2.07. The van der Waals surface area contributed by atoms with E-state index in [1.807, 2.05) is 30.3 Å². The van der Waals surface area contributed by atoms with Crippen LogP contribution in [-0.2, 0) is 21.4 Å². The van der Waals surface area contributed by atoms with Crippen LogP contribution in [0.25, 0.3) is 5.69 Å². The normalized spacial score (nSPS) is 19.7. The van der Waals surface area contributed by atoms with E-state index in [-0.39, 0.29) is 35.6 Å². The Morgan fingerprint density at radius 3 is 2.56 bits per heavy atom. The number of esters is 1. The quantitative estimate of drug-likeness (QED) is 0.858. The maximum atomic E-state index is 12.7. The highest BCUT2D eigenvalue weighted by Crippen LogP contribution is 2.24. The van der Waals surface area contributed by atoms with Gasteiger partial charge in [0.05, 0.1) is 23.4 Å². The van der Waals surface area contributed by atoms with Crippen molar-refractivity contribution in [3.05, 3.63) is 46.4 Å². The largest absolute Gasteiger partial charge is 0.462 e. The van der Waals surface area contributed by atoms with Gasteiger partial charge < -0.3 is 10.1 Å². The number of hydrogen-bond acceptors (Lipinski definition) is 4. The van der Waals surface area contributed by atoms with E-state index in [2.05, 4.69) is 5.32 Å². The lowest BCUT2D eigenvalue weighted by Crippen LogP contribution is -2.24. The summed E-state index contributed by atoms with van der Waals surface area (Å²) in [5.74, 6) is -1.16. The van der Waals surface area contributed by atoms with Crippen molar-refractivity contribution >= 4 is 17.6 Å². The number of aromatic nitrogens is 2. The van der Waals surface area contributed by atoms with E-state index < -0.39 is 5.92 Å². The molecule has 2 aromatic rings. The standard InChI is InChI=1S/C18H21N3O4/c1-11-9-13(18(24)25-11)10-15(22)19-16-12(2)20(3)21(17(16)23)14-7-5-4-6-8-14/h4-8,11,13H,9-10H2,1-3H3,(H,19,22)/t11-,13+/m1/s1. The third-order valence-electron chi connectivity index (χ3n) is 4.52. The van der Waals surface area contributed by atoms with Crippen molar-refractivity contribution < 1.29 is 14.3 Å². The Balaban J connectivity index is 1.83. The first-order chi connectivity index (χ1) is 11.9. The van der Waals surface area contributed by atoms with Gasteiger partial charge in [0.25, 0.3) is 5.56 Å². The molecule has 0 radical (unpaired) electrons. The molecule has 3 rings (SSSR count). The topological polar surface area (TPSA) is 82.3 Å². The minimum Gasteiger partial charge on any atom is -0.462 e. The molecule has 1 fully saturated rings. The number of nitrogens with zero attached hydrogens (tertiary/aromatic N) is 2. The first kappa shape index (κ1) is 17.0. The summed E-state index contributed by atoms with van der Waals surface area (Å²) in [4.78, 5) is 36.7. The molecule has 1 aromatic carbocycles. The van der Waals surface area contributed by atoms with Crippen molar-refractivity contribution in [1.29, 1.82) is 0 Å². The molecule has 0 spiro atoms. The van der Waals surface area contributed by atoms with Crippen LogP contribution < -0.4 is 10.9 Å². The minimum absolute atomic E-state index is 0.0162. The van der Waals surface area contributed by atoms with Gasteiger partial charge in [0, 0.05) is 13.5 Å². The summed E-state index contributed by atoms with van der Waals surface area (Å²) in [6.45, 7) is 3.57. The summed E-state index contributed by atoms with van der Waals surface area (Å²) in [7, 11) is 1.76. The molecular weight excluding hydrogens is 322 g/mol. The molecule has 25 heavy (non-hydrogen) atoms. The average molecular weight is 343 g/mol. The van der Waals surface area contributed by atoms with E-state index >= 15 is 0 Å². The van der Waals surface area contributed by atoms with Crippen molar-refractivity contribution in [2.24, 2.45) is 13.0 Å². The minimum atomic E-state index is -0.449. The molecule has 132 valence electrons. The molecule has 7 heteroatoms. The molecule has 1 aromatic heterocycles. The van der Waals surface area contributed by atoms with Crippen LogP contribution in [0.5, 0.6) is 0 Å². The summed E-state index contributed by atoms with van der Waals surface area (Å²) in [6.07, 6.45) is 0.371. The van der Waals surface area contributed by atoms with E-state index in [1.165, 1.54) is 4.68 Å². The average Bonchev–Trinajstić information content (AvgIpc) is 2.99. The van der Waals surface area contributed by atoms with E-state index in [0.717, 1.165) is 0 Å². The molecule has 2 atom stereocenters. The van der Waals surface area contributed by atoms with Gasteiger partial charge in [0.15, 0.2) is 0 Å². The number of nitrogens with one attached hydrogen (secondary N) is 1. The number of benzene rings is 1. The molecule has 0 saturated carbocycles. The van der Waals surface area contributed by atoms with Gasteiger partial charge in [0.2, 0.25) is 5.91 Å². The number of carbonyl (C=O) groups excluding carboxylic acids is 2. The van der Waals surface area contributed by atoms with Gasteiger partial charge in [-0.15, -0.1) is 0 Å². The van der Waals surface area contributed by atoms with Crippen LogP contribution in [0.3, 0.4) is 0 Å². The van der Waals surface area contributed by atoms with Gasteiger partial charge in [-0.25, -0.2) is 4.68 Å². The van der Waals surface area contributed by atoms with Crippen LogP contribution in [0.4, 0.5) is 5.69 Å². The Labute approximate surface area is 145 Å². The van der Waals surface area contributed by atoms with Gasteiger partial charge in [-0.2, -0.15) is 0 Å². The van der Waals surface area contributed by atoms with Gasteiger partial charge in [-0.05, 0) is 32.4 Å². The van der Waals surface area contributed by atoms with Crippen molar-refractivity contribution in [2.45, 2.75) is 32.8 Å². The van der Waals surface area contributed by atoms with Crippen molar-refractivity contribution in [1.82, 2.24) is 9.36 Å². The predicted molar refractivity (Wildman–Crippen MR) is 92.7 cm³/mol. The number of hydrogen-bond donors (Lipinski definition) is 1. The molecule has 1 saturated heterocycles. The number of rotatable bonds is 4. The number of carbonyl (C=O) groups is 2. The number of cyclic esters (lactones) is 1. The highest BCUT2D eigenvalue weighted by atomic mass is 16.5. The van der Waals surface area contributed by atoms with Crippen LogP contribution in [-0.4, -0.2) is 27.3 Å². The predicted octanol–water partition coefficient (Wildman–Crippen LogP) is 1.76. The van der Waals surface area contributed by atoms with Gasteiger partial charge in [-0.1, -0.05) is 18.2 Å². The van der Waals surface area contributed by atoms with Crippen LogP contribution in [0, 0.1) is 12.8 Å². The summed E-state index contributed by atoms with van der Waals surface area (Å²) in [5, 5.41) is 2.67. The molecule has 1 aliphatic heterocycles. The highest BCUT2D eigenvalue weighted by Gasteiger charge is 2.33. The lowest BCUT2D eigenvalue weighted by molar-refractivity contribution is -0.144. The Bertz CT molecular complexity index is 866. The summed E-state index contributed by atoms with van der Waals surface area (Å²) < 4.78 is 8.26. The third kappa shape index (κ3) is 3.22. The fourth-order valence-corrected chi connectivity index (χ4v) is 3.13. The molecule has 1 aliphatic rings. The Kier molecular flexibility index (Phi) is 4.48. The zero-order valence-corrected chi connectivity index (χ0v) is 14.5. The lowest BCUT2D eigenvalue weighted by atomic mass is 10.0. The van der Waals surface area contributed by atoms with E-state index in [9.17, 15) is 14.4 Å². The van der Waals surface area contributed by atoms with Crippen LogP contribution in [0.15, 0.2) is 35.1 Å². The molecule has 0 bridgehead atoms. The van der Waals surface area contributed by atoms with Crippen molar-refractivity contribution in [3.8, 4) is 5.69 Å². The van der Waals surface area contributed by atoms with Gasteiger partial charge in [-0.3, -0.25) is 19.1 Å². The first-order valence-electron chi connectivity index (χ1n) is 8.23. The second kappa shape index (κ2) is 6.58.